The van der Waals surface area contributed by atoms with Crippen LogP contribution in [0, 0.1) is 5.92 Å². The van der Waals surface area contributed by atoms with Crippen LogP contribution in [0.25, 0.3) is 0 Å². The second-order valence-corrected chi connectivity index (χ2v) is 8.32. The molecule has 0 radical (unpaired) electrons. The van der Waals surface area contributed by atoms with Crippen molar-refractivity contribution in [2.45, 2.75) is 33.4 Å². The van der Waals surface area contributed by atoms with Crippen LogP contribution in [-0.4, -0.2) is 43.0 Å². The molecule has 2 aromatic rings. The first kappa shape index (κ1) is 23.7. The predicted octanol–water partition coefficient (Wildman–Crippen LogP) is 4.03. The molecule has 2 rings (SSSR count). The lowest BCUT2D eigenvalue weighted by Crippen LogP contribution is -2.49. The maximum Gasteiger partial charge on any atom is 0.261 e. The van der Waals surface area contributed by atoms with Crippen molar-refractivity contribution in [2.24, 2.45) is 5.92 Å². The second-order valence-electron chi connectivity index (χ2n) is 7.41. The maximum atomic E-state index is 13.1. The minimum Gasteiger partial charge on any atom is -0.493 e. The number of ether oxygens (including phenoxy) is 2. The monoisotopic (exact) mass is 476 g/mol. The number of methoxy groups -OCH3 is 1. The number of nitrogens with zero attached hydrogens (tertiary/aromatic N) is 1. The zero-order valence-electron chi connectivity index (χ0n) is 17.9. The molecule has 162 valence electrons. The van der Waals surface area contributed by atoms with Gasteiger partial charge in [0.1, 0.15) is 6.04 Å². The van der Waals surface area contributed by atoms with Gasteiger partial charge in [-0.05, 0) is 42.7 Å². The fourth-order valence-electron chi connectivity index (χ4n) is 2.83. The van der Waals surface area contributed by atoms with Gasteiger partial charge >= 0.3 is 0 Å². The van der Waals surface area contributed by atoms with Gasteiger partial charge in [0.2, 0.25) is 5.91 Å². The topological polar surface area (TPSA) is 67.9 Å². The van der Waals surface area contributed by atoms with Crippen molar-refractivity contribution in [2.75, 3.05) is 20.3 Å². The van der Waals surface area contributed by atoms with Gasteiger partial charge in [0, 0.05) is 17.6 Å². The van der Waals surface area contributed by atoms with Crippen LogP contribution in [0.5, 0.6) is 11.5 Å². The van der Waals surface area contributed by atoms with E-state index in [0.717, 1.165) is 10.0 Å². The third kappa shape index (κ3) is 7.06. The number of hydrogen-bond acceptors (Lipinski definition) is 4. The number of rotatable bonds is 10. The van der Waals surface area contributed by atoms with E-state index in [4.69, 9.17) is 9.47 Å². The van der Waals surface area contributed by atoms with E-state index in [2.05, 4.69) is 21.2 Å². The molecule has 0 aliphatic carbocycles. The Morgan fingerprint density at radius 2 is 1.77 bits per heavy atom. The Morgan fingerprint density at radius 1 is 1.07 bits per heavy atom. The van der Waals surface area contributed by atoms with Gasteiger partial charge < -0.3 is 19.7 Å². The number of hydrogen-bond donors (Lipinski definition) is 1. The van der Waals surface area contributed by atoms with Crippen molar-refractivity contribution in [1.82, 2.24) is 10.2 Å². The van der Waals surface area contributed by atoms with E-state index >= 15 is 0 Å². The average Bonchev–Trinajstić information content (AvgIpc) is 2.73. The van der Waals surface area contributed by atoms with Gasteiger partial charge in [-0.2, -0.15) is 0 Å². The van der Waals surface area contributed by atoms with Gasteiger partial charge in [0.05, 0.1) is 7.11 Å². The van der Waals surface area contributed by atoms with Crippen molar-refractivity contribution < 1.29 is 19.1 Å². The van der Waals surface area contributed by atoms with E-state index in [9.17, 15) is 9.59 Å². The summed E-state index contributed by atoms with van der Waals surface area (Å²) in [6.07, 6.45) is 0. The summed E-state index contributed by atoms with van der Waals surface area (Å²) in [5.41, 5.74) is 0.915. The van der Waals surface area contributed by atoms with Gasteiger partial charge in [0.25, 0.3) is 5.91 Å². The molecule has 1 N–H and O–H groups in total. The number of nitrogens with one attached hydrogen (secondary N) is 1. The van der Waals surface area contributed by atoms with Crippen LogP contribution in [-0.2, 0) is 16.1 Å². The second kappa shape index (κ2) is 11.6. The van der Waals surface area contributed by atoms with E-state index in [-0.39, 0.29) is 18.4 Å². The molecule has 0 heterocycles. The van der Waals surface area contributed by atoms with Crippen LogP contribution >= 0.6 is 15.9 Å². The molecule has 0 saturated heterocycles. The molecule has 0 saturated carbocycles. The summed E-state index contributed by atoms with van der Waals surface area (Å²) < 4.78 is 11.9. The summed E-state index contributed by atoms with van der Waals surface area (Å²) in [5, 5.41) is 2.90. The molecular weight excluding hydrogens is 448 g/mol. The molecule has 6 nitrogen and oxygen atoms in total. The van der Waals surface area contributed by atoms with Gasteiger partial charge in [-0.3, -0.25) is 9.59 Å². The molecule has 1 atom stereocenters. The number of benzene rings is 2. The normalized spacial score (nSPS) is 11.7. The minimum absolute atomic E-state index is 0.190. The predicted molar refractivity (Wildman–Crippen MR) is 120 cm³/mol. The summed E-state index contributed by atoms with van der Waals surface area (Å²) >= 11 is 3.45. The quantitative estimate of drug-likeness (QED) is 0.561. The fourth-order valence-corrected chi connectivity index (χ4v) is 3.27. The average molecular weight is 477 g/mol. The van der Waals surface area contributed by atoms with E-state index in [1.54, 1.807) is 26.2 Å². The molecule has 0 unspecified atom stereocenters. The number of carbonyl (C=O) groups excluding carboxylic acids is 2. The van der Waals surface area contributed by atoms with Gasteiger partial charge in [0.15, 0.2) is 18.1 Å². The summed E-state index contributed by atoms with van der Waals surface area (Å²) in [6.45, 7) is 6.43. The Labute approximate surface area is 186 Å². The molecule has 30 heavy (non-hydrogen) atoms. The Balaban J connectivity index is 2.16. The first-order valence-corrected chi connectivity index (χ1v) is 10.7. The molecule has 0 aromatic heterocycles. The zero-order chi connectivity index (χ0) is 22.1. The van der Waals surface area contributed by atoms with Crippen LogP contribution in [0.1, 0.15) is 26.3 Å². The fraction of sp³-hybridized carbons (Fsp3) is 0.391. The molecule has 0 fully saturated rings. The third-order valence-corrected chi connectivity index (χ3v) is 5.01. The maximum absolute atomic E-state index is 13.1. The Kier molecular flexibility index (Phi) is 9.17. The molecule has 0 aliphatic heterocycles. The summed E-state index contributed by atoms with van der Waals surface area (Å²) in [4.78, 5) is 27.2. The van der Waals surface area contributed by atoms with E-state index < -0.39 is 6.04 Å². The summed E-state index contributed by atoms with van der Waals surface area (Å²) in [7, 11) is 1.55. The van der Waals surface area contributed by atoms with Crippen LogP contribution in [0.2, 0.25) is 0 Å². The van der Waals surface area contributed by atoms with Gasteiger partial charge in [-0.15, -0.1) is 0 Å². The van der Waals surface area contributed by atoms with Crippen molar-refractivity contribution in [3.8, 4) is 11.5 Å². The largest absolute Gasteiger partial charge is 0.493 e. The van der Waals surface area contributed by atoms with Crippen LogP contribution < -0.4 is 14.8 Å². The van der Waals surface area contributed by atoms with Gasteiger partial charge in [-0.25, -0.2) is 0 Å². The highest BCUT2D eigenvalue weighted by molar-refractivity contribution is 9.10. The van der Waals surface area contributed by atoms with Crippen molar-refractivity contribution in [1.29, 1.82) is 0 Å². The molecule has 2 amide bonds. The molecule has 2 aromatic carbocycles. The smallest absolute Gasteiger partial charge is 0.261 e. The first-order chi connectivity index (χ1) is 14.3. The van der Waals surface area contributed by atoms with Crippen LogP contribution in [0.3, 0.4) is 0 Å². The highest BCUT2D eigenvalue weighted by Gasteiger charge is 2.26. The van der Waals surface area contributed by atoms with Gasteiger partial charge in [-0.1, -0.05) is 54.0 Å². The Morgan fingerprint density at radius 3 is 2.40 bits per heavy atom. The van der Waals surface area contributed by atoms with Crippen molar-refractivity contribution >= 4 is 27.7 Å². The Hall–Kier alpha value is -2.54. The zero-order valence-corrected chi connectivity index (χ0v) is 19.4. The lowest BCUT2D eigenvalue weighted by Gasteiger charge is -2.29. The standard InChI is InChI=1S/C23H29BrN2O4/c1-16(2)13-25-23(28)17(3)26(14-18-8-7-9-19(24)12-18)22(27)15-30-21-11-6-5-10-20(21)29-4/h5-12,16-17H,13-15H2,1-4H3,(H,25,28)/t17-/m1/s1. The molecular formula is C23H29BrN2O4. The number of para-hydroxylation sites is 2. The van der Waals surface area contributed by atoms with E-state index in [0.29, 0.717) is 30.5 Å². The molecule has 0 spiro atoms. The van der Waals surface area contributed by atoms with Crippen LogP contribution in [0.15, 0.2) is 53.0 Å². The number of carbonyl (C=O) groups is 2. The Bertz CT molecular complexity index is 857. The van der Waals surface area contributed by atoms with Crippen molar-refractivity contribution in [3.05, 3.63) is 58.6 Å². The van der Waals surface area contributed by atoms with E-state index in [1.807, 2.05) is 50.2 Å². The SMILES string of the molecule is COc1ccccc1OCC(=O)N(Cc1cccc(Br)c1)[C@H](C)C(=O)NCC(C)C. The first-order valence-electron chi connectivity index (χ1n) is 9.89. The molecule has 0 bridgehead atoms. The number of halogens is 1. The van der Waals surface area contributed by atoms with Crippen LogP contribution in [0.4, 0.5) is 0 Å². The van der Waals surface area contributed by atoms with Crippen molar-refractivity contribution in [3.63, 3.8) is 0 Å². The highest BCUT2D eigenvalue weighted by atomic mass is 79.9. The number of amides is 2. The lowest BCUT2D eigenvalue weighted by atomic mass is 10.1. The summed E-state index contributed by atoms with van der Waals surface area (Å²) in [5.74, 6) is 0.876. The summed E-state index contributed by atoms with van der Waals surface area (Å²) in [6, 6.07) is 14.2. The molecule has 7 heteroatoms. The van der Waals surface area contributed by atoms with E-state index in [1.165, 1.54) is 4.90 Å². The lowest BCUT2D eigenvalue weighted by molar-refractivity contribution is -0.142. The minimum atomic E-state index is -0.642. The molecule has 0 aliphatic rings. The highest BCUT2D eigenvalue weighted by Crippen LogP contribution is 2.26. The third-order valence-electron chi connectivity index (χ3n) is 4.51.